The molecule has 0 aromatic heterocycles. The van der Waals surface area contributed by atoms with Gasteiger partial charge < -0.3 is 9.84 Å². The minimum Gasteiger partial charge on any atom is -0.478 e. The number of aliphatic carboxylic acids is 1. The summed E-state index contributed by atoms with van der Waals surface area (Å²) in [6, 6.07) is 16.8. The van der Waals surface area contributed by atoms with Crippen LogP contribution in [0.4, 0.5) is 0 Å². The van der Waals surface area contributed by atoms with Gasteiger partial charge in [-0.05, 0) is 34.9 Å². The van der Waals surface area contributed by atoms with Gasteiger partial charge in [0.2, 0.25) is 6.10 Å². The maximum Gasteiger partial charge on any atom is 0.349 e. The van der Waals surface area contributed by atoms with E-state index in [4.69, 9.17) is 4.74 Å². The van der Waals surface area contributed by atoms with Gasteiger partial charge in [0.25, 0.3) is 0 Å². The Bertz CT molecular complexity index is 694. The van der Waals surface area contributed by atoms with E-state index in [0.717, 1.165) is 6.42 Å². The van der Waals surface area contributed by atoms with E-state index in [9.17, 15) is 9.90 Å². The van der Waals surface area contributed by atoms with Crippen LogP contribution < -0.4 is 4.74 Å². The molecule has 0 bridgehead atoms. The number of carbonyl (C=O) groups is 1. The summed E-state index contributed by atoms with van der Waals surface area (Å²) in [5.41, 5.74) is 2.14. The molecule has 1 unspecified atom stereocenters. The second-order valence-electron chi connectivity index (χ2n) is 8.39. The summed E-state index contributed by atoms with van der Waals surface area (Å²) in [4.78, 5) is 11.6. The number of rotatable bonds is 6. The second-order valence-corrected chi connectivity index (χ2v) is 8.39. The van der Waals surface area contributed by atoms with Crippen molar-refractivity contribution in [3.05, 3.63) is 65.7 Å². The maximum atomic E-state index is 11.6. The van der Waals surface area contributed by atoms with Gasteiger partial charge >= 0.3 is 5.97 Å². The van der Waals surface area contributed by atoms with Crippen molar-refractivity contribution < 1.29 is 14.6 Å². The van der Waals surface area contributed by atoms with Crippen LogP contribution in [0.3, 0.4) is 0 Å². The zero-order valence-electron chi connectivity index (χ0n) is 15.7. The lowest BCUT2D eigenvalue weighted by Gasteiger charge is -2.33. The fourth-order valence-corrected chi connectivity index (χ4v) is 3.44. The third-order valence-electron chi connectivity index (χ3n) is 4.19. The smallest absolute Gasteiger partial charge is 0.349 e. The molecule has 0 aliphatic rings. The molecular weight excluding hydrogens is 312 g/mol. The molecule has 3 heteroatoms. The molecule has 2 rings (SSSR count). The molecule has 3 nitrogen and oxygen atoms in total. The van der Waals surface area contributed by atoms with Gasteiger partial charge in [-0.25, -0.2) is 4.79 Å². The van der Waals surface area contributed by atoms with Crippen LogP contribution in [0, 0.1) is 5.41 Å². The molecule has 25 heavy (non-hydrogen) atoms. The summed E-state index contributed by atoms with van der Waals surface area (Å²) >= 11 is 0. The molecule has 0 aliphatic carbocycles. The lowest BCUT2D eigenvalue weighted by Crippen LogP contribution is -2.24. The van der Waals surface area contributed by atoms with E-state index in [1.807, 2.05) is 42.5 Å². The largest absolute Gasteiger partial charge is 0.478 e. The highest BCUT2D eigenvalue weighted by molar-refractivity contribution is 5.74. The van der Waals surface area contributed by atoms with Gasteiger partial charge in [-0.15, -0.1) is 0 Å². The first-order valence-electron chi connectivity index (χ1n) is 8.63. The molecule has 0 fully saturated rings. The van der Waals surface area contributed by atoms with Gasteiger partial charge in [0.15, 0.2) is 0 Å². The van der Waals surface area contributed by atoms with Crippen molar-refractivity contribution >= 4 is 5.97 Å². The lowest BCUT2D eigenvalue weighted by molar-refractivity contribution is -0.145. The Morgan fingerprint density at radius 2 is 1.52 bits per heavy atom. The van der Waals surface area contributed by atoms with E-state index in [2.05, 4.69) is 34.6 Å². The first kappa shape index (κ1) is 19.0. The molecule has 2 aromatic carbocycles. The Kier molecular flexibility index (Phi) is 5.56. The maximum absolute atomic E-state index is 11.6. The quantitative estimate of drug-likeness (QED) is 0.744. The Morgan fingerprint density at radius 1 is 0.960 bits per heavy atom. The van der Waals surface area contributed by atoms with Crippen LogP contribution >= 0.6 is 0 Å². The third kappa shape index (κ3) is 5.35. The highest BCUT2D eigenvalue weighted by atomic mass is 16.5. The number of hydrogen-bond acceptors (Lipinski definition) is 2. The van der Waals surface area contributed by atoms with Crippen molar-refractivity contribution in [1.29, 1.82) is 0 Å². The minimum absolute atomic E-state index is 0.0441. The molecular formula is C22H28O3. The molecule has 134 valence electrons. The molecule has 0 saturated heterocycles. The molecule has 1 N–H and O–H groups in total. The fraction of sp³-hybridized carbons (Fsp3) is 0.409. The van der Waals surface area contributed by atoms with Crippen LogP contribution in [0.15, 0.2) is 54.6 Å². The third-order valence-corrected chi connectivity index (χ3v) is 4.19. The molecule has 0 amide bonds. The van der Waals surface area contributed by atoms with E-state index in [0.29, 0.717) is 11.3 Å². The average Bonchev–Trinajstić information content (AvgIpc) is 2.51. The molecule has 0 spiro atoms. The fourth-order valence-electron chi connectivity index (χ4n) is 3.44. The van der Waals surface area contributed by atoms with Crippen molar-refractivity contribution in [2.45, 2.75) is 52.6 Å². The average molecular weight is 340 g/mol. The Morgan fingerprint density at radius 3 is 2.00 bits per heavy atom. The normalized spacial score (nSPS) is 13.3. The van der Waals surface area contributed by atoms with Crippen LogP contribution in [0.1, 0.15) is 58.3 Å². The predicted octanol–water partition coefficient (Wildman–Crippen LogP) is 5.61. The standard InChI is InChI=1S/C22H28O3/c1-21(2,3)15-22(4,5)17-11-13-18(14-12-17)25-19(20(23)24)16-9-7-6-8-10-16/h6-14,19H,15H2,1-5H3,(H,23,24). The summed E-state index contributed by atoms with van der Waals surface area (Å²) in [6.45, 7) is 11.2. The summed E-state index contributed by atoms with van der Waals surface area (Å²) in [6.07, 6.45) is 0.0525. The number of hydrogen-bond donors (Lipinski definition) is 1. The van der Waals surface area contributed by atoms with E-state index < -0.39 is 12.1 Å². The zero-order chi connectivity index (χ0) is 18.7. The van der Waals surface area contributed by atoms with Crippen LogP contribution in [-0.2, 0) is 10.2 Å². The summed E-state index contributed by atoms with van der Waals surface area (Å²) in [7, 11) is 0. The Labute approximate surface area is 150 Å². The van der Waals surface area contributed by atoms with Gasteiger partial charge in [-0.3, -0.25) is 0 Å². The van der Waals surface area contributed by atoms with E-state index in [1.54, 1.807) is 12.1 Å². The molecule has 0 aliphatic heterocycles. The van der Waals surface area contributed by atoms with Crippen molar-refractivity contribution in [3.63, 3.8) is 0 Å². The Hall–Kier alpha value is -2.29. The number of carboxylic acid groups (broad SMARTS) is 1. The predicted molar refractivity (Wildman–Crippen MR) is 101 cm³/mol. The van der Waals surface area contributed by atoms with Crippen LogP contribution in [0.25, 0.3) is 0 Å². The van der Waals surface area contributed by atoms with Gasteiger partial charge in [0.05, 0.1) is 0 Å². The van der Waals surface area contributed by atoms with Crippen molar-refractivity contribution in [2.75, 3.05) is 0 Å². The molecule has 2 aromatic rings. The van der Waals surface area contributed by atoms with Crippen molar-refractivity contribution in [2.24, 2.45) is 5.41 Å². The summed E-state index contributed by atoms with van der Waals surface area (Å²) < 4.78 is 5.73. The van der Waals surface area contributed by atoms with Gasteiger partial charge in [0, 0.05) is 5.56 Å². The Balaban J connectivity index is 2.18. The van der Waals surface area contributed by atoms with Crippen LogP contribution in [-0.4, -0.2) is 11.1 Å². The first-order chi connectivity index (χ1) is 11.6. The van der Waals surface area contributed by atoms with Crippen LogP contribution in [0.5, 0.6) is 5.75 Å². The highest BCUT2D eigenvalue weighted by Gasteiger charge is 2.27. The van der Waals surface area contributed by atoms with Crippen molar-refractivity contribution in [3.8, 4) is 5.75 Å². The molecule has 0 saturated carbocycles. The first-order valence-corrected chi connectivity index (χ1v) is 8.63. The van der Waals surface area contributed by atoms with Gasteiger partial charge in [0.1, 0.15) is 5.75 Å². The van der Waals surface area contributed by atoms with E-state index in [1.165, 1.54) is 5.56 Å². The molecule has 1 atom stereocenters. The highest BCUT2D eigenvalue weighted by Crippen LogP contribution is 2.37. The SMILES string of the molecule is CC(C)(C)CC(C)(C)c1ccc(OC(C(=O)O)c2ccccc2)cc1. The lowest BCUT2D eigenvalue weighted by atomic mass is 9.72. The second kappa shape index (κ2) is 7.30. The van der Waals surface area contributed by atoms with Gasteiger partial charge in [-0.1, -0.05) is 77.1 Å². The number of carboxylic acids is 1. The topological polar surface area (TPSA) is 46.5 Å². The monoisotopic (exact) mass is 340 g/mol. The van der Waals surface area contributed by atoms with Gasteiger partial charge in [-0.2, -0.15) is 0 Å². The summed E-state index contributed by atoms with van der Waals surface area (Å²) in [5.74, 6) is -0.435. The van der Waals surface area contributed by atoms with Crippen LogP contribution in [0.2, 0.25) is 0 Å². The van der Waals surface area contributed by atoms with Crippen molar-refractivity contribution in [1.82, 2.24) is 0 Å². The summed E-state index contributed by atoms with van der Waals surface area (Å²) in [5, 5.41) is 9.47. The zero-order valence-corrected chi connectivity index (χ0v) is 15.7. The molecule has 0 radical (unpaired) electrons. The molecule has 0 heterocycles. The number of ether oxygens (including phenoxy) is 1. The van der Waals surface area contributed by atoms with E-state index in [-0.39, 0.29) is 10.8 Å². The number of benzene rings is 2. The minimum atomic E-state index is -1.00. The van der Waals surface area contributed by atoms with E-state index >= 15 is 0 Å².